The normalized spacial score (nSPS) is 22.8. The fourth-order valence-electron chi connectivity index (χ4n) is 1.58. The van der Waals surface area contributed by atoms with Gasteiger partial charge in [0.25, 0.3) is 0 Å². The summed E-state index contributed by atoms with van der Waals surface area (Å²) in [5.74, 6) is 0. The molecule has 0 aromatic heterocycles. The maximum atomic E-state index is 5.47. The van der Waals surface area contributed by atoms with Gasteiger partial charge in [0, 0.05) is 6.42 Å². The van der Waals surface area contributed by atoms with Crippen LogP contribution in [0, 0.1) is 0 Å². The van der Waals surface area contributed by atoms with Crippen LogP contribution in [-0.4, -0.2) is 11.2 Å². The van der Waals surface area contributed by atoms with Gasteiger partial charge >= 0.3 is 0 Å². The van der Waals surface area contributed by atoms with Crippen LogP contribution in [0.3, 0.4) is 0 Å². The van der Waals surface area contributed by atoms with E-state index in [1.807, 2.05) is 0 Å². The summed E-state index contributed by atoms with van der Waals surface area (Å²) in [5.41, 5.74) is 0. The third kappa shape index (κ3) is 3.53. The fraction of sp³-hybridized carbons (Fsp3) is 0.900. The van der Waals surface area contributed by atoms with E-state index in [1.165, 1.54) is 32.1 Å². The molecule has 2 heteroatoms. The summed E-state index contributed by atoms with van der Waals surface area (Å²) in [4.78, 5) is 0. The molecule has 1 aliphatic rings. The van der Waals surface area contributed by atoms with E-state index in [4.69, 9.17) is 17.0 Å². The van der Waals surface area contributed by atoms with Gasteiger partial charge in [0.1, 0.15) is 0 Å². The van der Waals surface area contributed by atoms with Gasteiger partial charge in [-0.1, -0.05) is 26.2 Å². The second kappa shape index (κ2) is 5.52. The second-order valence-corrected chi connectivity index (χ2v) is 3.96. The molecule has 1 saturated heterocycles. The number of ether oxygens (including phenoxy) is 1. The van der Waals surface area contributed by atoms with Gasteiger partial charge in [-0.2, -0.15) is 0 Å². The molecule has 0 amide bonds. The zero-order chi connectivity index (χ0) is 8.81. The molecule has 1 heterocycles. The zero-order valence-corrected chi connectivity index (χ0v) is 8.66. The van der Waals surface area contributed by atoms with Crippen molar-refractivity contribution >= 4 is 17.3 Å². The molecule has 1 unspecified atom stereocenters. The Balaban J connectivity index is 1.97. The summed E-state index contributed by atoms with van der Waals surface area (Å²) in [6.45, 7) is 2.24. The Kier molecular flexibility index (Phi) is 4.59. The minimum Gasteiger partial charge on any atom is -0.484 e. The Hall–Kier alpha value is -0.110. The van der Waals surface area contributed by atoms with Crippen molar-refractivity contribution < 1.29 is 4.74 Å². The van der Waals surface area contributed by atoms with Crippen LogP contribution in [0.15, 0.2) is 0 Å². The van der Waals surface area contributed by atoms with Crippen molar-refractivity contribution in [3.8, 4) is 0 Å². The van der Waals surface area contributed by atoms with Crippen LogP contribution in [0.1, 0.15) is 51.9 Å². The quantitative estimate of drug-likeness (QED) is 0.480. The molecule has 1 rings (SSSR count). The second-order valence-electron chi connectivity index (χ2n) is 3.50. The lowest BCUT2D eigenvalue weighted by Crippen LogP contribution is -2.05. The first-order valence-electron chi connectivity index (χ1n) is 5.02. The van der Waals surface area contributed by atoms with Crippen molar-refractivity contribution in [2.45, 2.75) is 58.0 Å². The highest BCUT2D eigenvalue weighted by molar-refractivity contribution is 7.80. The predicted octanol–water partition coefficient (Wildman–Crippen LogP) is 3.46. The molecular formula is C10H18OS. The fourth-order valence-corrected chi connectivity index (χ4v) is 1.84. The third-order valence-corrected chi connectivity index (χ3v) is 2.65. The van der Waals surface area contributed by atoms with Crippen molar-refractivity contribution in [2.75, 3.05) is 0 Å². The van der Waals surface area contributed by atoms with E-state index < -0.39 is 0 Å². The maximum Gasteiger partial charge on any atom is 0.160 e. The average Bonchev–Trinajstić information content (AvgIpc) is 2.45. The number of rotatable bonds is 5. The molecule has 1 fully saturated rings. The van der Waals surface area contributed by atoms with E-state index in [0.29, 0.717) is 6.10 Å². The lowest BCUT2D eigenvalue weighted by Gasteiger charge is -2.08. The Labute approximate surface area is 80.5 Å². The molecule has 0 aliphatic carbocycles. The molecule has 0 bridgehead atoms. The Morgan fingerprint density at radius 2 is 2.25 bits per heavy atom. The first-order chi connectivity index (χ1) is 5.83. The molecule has 70 valence electrons. The molecular weight excluding hydrogens is 168 g/mol. The lowest BCUT2D eigenvalue weighted by atomic mass is 10.1. The van der Waals surface area contributed by atoms with Gasteiger partial charge in [-0.25, -0.2) is 0 Å². The summed E-state index contributed by atoms with van der Waals surface area (Å²) < 4.78 is 5.47. The molecule has 0 aromatic rings. The van der Waals surface area contributed by atoms with Crippen molar-refractivity contribution in [3.05, 3.63) is 0 Å². The van der Waals surface area contributed by atoms with Crippen LogP contribution in [0.2, 0.25) is 0 Å². The monoisotopic (exact) mass is 186 g/mol. The average molecular weight is 186 g/mol. The van der Waals surface area contributed by atoms with E-state index >= 15 is 0 Å². The van der Waals surface area contributed by atoms with Gasteiger partial charge in [0.15, 0.2) is 5.05 Å². The number of hydrogen-bond donors (Lipinski definition) is 0. The van der Waals surface area contributed by atoms with Gasteiger partial charge in [0.2, 0.25) is 0 Å². The SMILES string of the molecule is CCCCCCC1CCC(=S)O1. The van der Waals surface area contributed by atoms with Crippen LogP contribution < -0.4 is 0 Å². The molecule has 0 saturated carbocycles. The number of thiocarbonyl (C=S) groups is 1. The standard InChI is InChI=1S/C10H18OS/c1-2-3-4-5-6-9-7-8-10(12)11-9/h9H,2-8H2,1H3. The summed E-state index contributed by atoms with van der Waals surface area (Å²) in [7, 11) is 0. The summed E-state index contributed by atoms with van der Waals surface area (Å²) in [6, 6.07) is 0. The Morgan fingerprint density at radius 1 is 1.42 bits per heavy atom. The van der Waals surface area contributed by atoms with Crippen LogP contribution in [0.5, 0.6) is 0 Å². The van der Waals surface area contributed by atoms with Crippen LogP contribution >= 0.6 is 12.2 Å². The van der Waals surface area contributed by atoms with Crippen LogP contribution in [0.25, 0.3) is 0 Å². The molecule has 12 heavy (non-hydrogen) atoms. The predicted molar refractivity (Wildman–Crippen MR) is 55.5 cm³/mol. The van der Waals surface area contributed by atoms with Gasteiger partial charge in [-0.05, 0) is 31.5 Å². The first kappa shape index (κ1) is 9.97. The molecule has 1 atom stereocenters. The minimum absolute atomic E-state index is 0.453. The van der Waals surface area contributed by atoms with E-state index in [1.54, 1.807) is 0 Å². The van der Waals surface area contributed by atoms with Gasteiger partial charge < -0.3 is 4.74 Å². The van der Waals surface area contributed by atoms with Gasteiger partial charge in [-0.3, -0.25) is 0 Å². The van der Waals surface area contributed by atoms with E-state index in [-0.39, 0.29) is 0 Å². The Bertz CT molecular complexity index is 145. The van der Waals surface area contributed by atoms with Gasteiger partial charge in [-0.15, -0.1) is 0 Å². The highest BCUT2D eigenvalue weighted by Crippen LogP contribution is 2.20. The van der Waals surface area contributed by atoms with E-state index in [2.05, 4.69) is 6.92 Å². The molecule has 1 nitrogen and oxygen atoms in total. The van der Waals surface area contributed by atoms with Crippen LogP contribution in [0.4, 0.5) is 0 Å². The third-order valence-electron chi connectivity index (χ3n) is 2.35. The molecule has 0 aromatic carbocycles. The summed E-state index contributed by atoms with van der Waals surface area (Å²) >= 11 is 4.98. The minimum atomic E-state index is 0.453. The molecule has 0 radical (unpaired) electrons. The maximum absolute atomic E-state index is 5.47. The first-order valence-corrected chi connectivity index (χ1v) is 5.43. The summed E-state index contributed by atoms with van der Waals surface area (Å²) in [6.07, 6.45) is 9.15. The molecule has 0 spiro atoms. The van der Waals surface area contributed by atoms with Gasteiger partial charge in [0.05, 0.1) is 6.10 Å². The smallest absolute Gasteiger partial charge is 0.160 e. The Morgan fingerprint density at radius 3 is 2.83 bits per heavy atom. The topological polar surface area (TPSA) is 9.23 Å². The molecule has 1 aliphatic heterocycles. The number of unbranched alkanes of at least 4 members (excludes halogenated alkanes) is 3. The number of hydrogen-bond acceptors (Lipinski definition) is 2. The highest BCUT2D eigenvalue weighted by Gasteiger charge is 2.19. The van der Waals surface area contributed by atoms with E-state index in [0.717, 1.165) is 17.9 Å². The molecule has 0 N–H and O–H groups in total. The van der Waals surface area contributed by atoms with Crippen molar-refractivity contribution in [3.63, 3.8) is 0 Å². The van der Waals surface area contributed by atoms with Crippen molar-refractivity contribution in [1.29, 1.82) is 0 Å². The van der Waals surface area contributed by atoms with Crippen LogP contribution in [-0.2, 0) is 4.74 Å². The summed E-state index contributed by atoms with van der Waals surface area (Å²) in [5, 5.41) is 0.829. The largest absolute Gasteiger partial charge is 0.484 e. The lowest BCUT2D eigenvalue weighted by molar-refractivity contribution is 0.207. The zero-order valence-electron chi connectivity index (χ0n) is 7.84. The highest BCUT2D eigenvalue weighted by atomic mass is 32.1. The van der Waals surface area contributed by atoms with E-state index in [9.17, 15) is 0 Å². The van der Waals surface area contributed by atoms with Crippen molar-refractivity contribution in [2.24, 2.45) is 0 Å². The van der Waals surface area contributed by atoms with Crippen molar-refractivity contribution in [1.82, 2.24) is 0 Å².